The van der Waals surface area contributed by atoms with E-state index in [1.807, 2.05) is 0 Å². The first kappa shape index (κ1) is 13.5. The Kier molecular flexibility index (Phi) is 4.48. The number of benzene rings is 1. The molecule has 0 bridgehead atoms. The van der Waals surface area contributed by atoms with Crippen molar-refractivity contribution < 1.29 is 14.7 Å². The predicted octanol–water partition coefficient (Wildman–Crippen LogP) is 1.71. The summed E-state index contributed by atoms with van der Waals surface area (Å²) in [4.78, 5) is 22.2. The smallest absolute Gasteiger partial charge is 0.335 e. The highest BCUT2D eigenvalue weighted by Gasteiger charge is 2.09. The van der Waals surface area contributed by atoms with E-state index in [1.54, 1.807) is 6.92 Å². The number of nitrogens with one attached hydrogen (secondary N) is 1. The second kappa shape index (κ2) is 5.65. The summed E-state index contributed by atoms with van der Waals surface area (Å²) >= 11 is 5.74. The Balaban J connectivity index is 2.84. The summed E-state index contributed by atoms with van der Waals surface area (Å²) in [5.74, 6) is -1.38. The molecule has 0 aliphatic rings. The molecule has 1 aromatic rings. The Hall–Kier alpha value is -1.59. The molecule has 1 rings (SSSR count). The molecule has 4 N–H and O–H groups in total. The normalized spacial score (nSPS) is 11.9. The van der Waals surface area contributed by atoms with Crippen LogP contribution in [-0.2, 0) is 4.79 Å². The van der Waals surface area contributed by atoms with Crippen LogP contribution in [0.4, 0.5) is 5.69 Å². The second-order valence-corrected chi connectivity index (χ2v) is 4.20. The van der Waals surface area contributed by atoms with Gasteiger partial charge in [0, 0.05) is 23.2 Å². The maximum Gasteiger partial charge on any atom is 0.335 e. The molecule has 0 aromatic heterocycles. The molecular weight excluding hydrogens is 244 g/mol. The fourth-order valence-corrected chi connectivity index (χ4v) is 1.52. The molecule has 6 heteroatoms. The second-order valence-electron chi connectivity index (χ2n) is 3.76. The molecule has 0 saturated carbocycles. The van der Waals surface area contributed by atoms with Crippen molar-refractivity contribution in [2.75, 3.05) is 5.32 Å². The van der Waals surface area contributed by atoms with Gasteiger partial charge in [-0.1, -0.05) is 11.6 Å². The van der Waals surface area contributed by atoms with E-state index < -0.39 is 5.97 Å². The first-order valence-corrected chi connectivity index (χ1v) is 5.35. The van der Waals surface area contributed by atoms with E-state index in [9.17, 15) is 9.59 Å². The van der Waals surface area contributed by atoms with Gasteiger partial charge in [-0.2, -0.15) is 0 Å². The lowest BCUT2D eigenvalue weighted by atomic mass is 10.2. The summed E-state index contributed by atoms with van der Waals surface area (Å²) in [7, 11) is 0. The van der Waals surface area contributed by atoms with Gasteiger partial charge in [0.15, 0.2) is 0 Å². The zero-order valence-corrected chi connectivity index (χ0v) is 9.99. The van der Waals surface area contributed by atoms with Crippen molar-refractivity contribution in [2.45, 2.75) is 19.4 Å². The summed E-state index contributed by atoms with van der Waals surface area (Å²) in [6.45, 7) is 1.71. The van der Waals surface area contributed by atoms with E-state index in [4.69, 9.17) is 22.4 Å². The monoisotopic (exact) mass is 256 g/mol. The quantitative estimate of drug-likeness (QED) is 0.765. The van der Waals surface area contributed by atoms with Gasteiger partial charge in [-0.05, 0) is 25.1 Å². The molecular formula is C11H13ClN2O3. The maximum absolute atomic E-state index is 11.4. The number of hydrogen-bond donors (Lipinski definition) is 3. The molecule has 0 fully saturated rings. The summed E-state index contributed by atoms with van der Waals surface area (Å²) < 4.78 is 0. The van der Waals surface area contributed by atoms with Crippen molar-refractivity contribution in [3.63, 3.8) is 0 Å². The standard InChI is InChI=1S/C11H13ClN2O3/c1-6(13)2-10(15)14-9-4-7(11(16)17)3-8(12)5-9/h3-6H,2,13H2,1H3,(H,14,15)(H,16,17). The number of amides is 1. The van der Waals surface area contributed by atoms with Gasteiger partial charge in [0.25, 0.3) is 0 Å². The zero-order valence-electron chi connectivity index (χ0n) is 9.24. The number of carbonyl (C=O) groups excluding carboxylic acids is 1. The predicted molar refractivity (Wildman–Crippen MR) is 65.3 cm³/mol. The first-order valence-electron chi connectivity index (χ1n) is 4.98. The number of rotatable bonds is 4. The van der Waals surface area contributed by atoms with Crippen LogP contribution in [0.25, 0.3) is 0 Å². The van der Waals surface area contributed by atoms with Gasteiger partial charge in [-0.25, -0.2) is 4.79 Å². The summed E-state index contributed by atoms with van der Waals surface area (Å²) in [6.07, 6.45) is 0.162. The zero-order chi connectivity index (χ0) is 13.0. The molecule has 92 valence electrons. The van der Waals surface area contributed by atoms with E-state index >= 15 is 0 Å². The Bertz CT molecular complexity index is 446. The number of carboxylic acids is 1. The Labute approximate surface area is 104 Å². The van der Waals surface area contributed by atoms with Crippen molar-refractivity contribution in [1.82, 2.24) is 0 Å². The fourth-order valence-electron chi connectivity index (χ4n) is 1.29. The molecule has 1 aromatic carbocycles. The number of aromatic carboxylic acids is 1. The number of anilines is 1. The number of carbonyl (C=O) groups is 2. The molecule has 1 unspecified atom stereocenters. The van der Waals surface area contributed by atoms with Crippen LogP contribution in [0.2, 0.25) is 5.02 Å². The minimum absolute atomic E-state index is 0.0218. The van der Waals surface area contributed by atoms with Gasteiger partial charge >= 0.3 is 5.97 Å². The third-order valence-electron chi connectivity index (χ3n) is 1.94. The van der Waals surface area contributed by atoms with E-state index in [0.717, 1.165) is 0 Å². The molecule has 0 spiro atoms. The molecule has 5 nitrogen and oxygen atoms in total. The largest absolute Gasteiger partial charge is 0.478 e. The van der Waals surface area contributed by atoms with Gasteiger partial charge in [-0.15, -0.1) is 0 Å². The van der Waals surface area contributed by atoms with Crippen LogP contribution in [0.1, 0.15) is 23.7 Å². The minimum atomic E-state index is -1.10. The minimum Gasteiger partial charge on any atom is -0.478 e. The van der Waals surface area contributed by atoms with E-state index in [0.29, 0.717) is 5.69 Å². The molecule has 0 radical (unpaired) electrons. The highest BCUT2D eigenvalue weighted by Crippen LogP contribution is 2.19. The number of carboxylic acid groups (broad SMARTS) is 1. The average Bonchev–Trinajstić information content (AvgIpc) is 2.14. The van der Waals surface area contributed by atoms with Crippen molar-refractivity contribution >= 4 is 29.2 Å². The van der Waals surface area contributed by atoms with Crippen molar-refractivity contribution in [3.8, 4) is 0 Å². The van der Waals surface area contributed by atoms with Crippen molar-refractivity contribution in [1.29, 1.82) is 0 Å². The SMILES string of the molecule is CC(N)CC(=O)Nc1cc(Cl)cc(C(=O)O)c1. The summed E-state index contributed by atoms with van der Waals surface area (Å²) in [5.41, 5.74) is 5.84. The fraction of sp³-hybridized carbons (Fsp3) is 0.273. The Morgan fingerprint density at radius 1 is 1.47 bits per heavy atom. The van der Waals surface area contributed by atoms with Crippen LogP contribution in [0, 0.1) is 0 Å². The lowest BCUT2D eigenvalue weighted by Gasteiger charge is -2.08. The van der Waals surface area contributed by atoms with E-state index in [-0.39, 0.29) is 29.0 Å². The van der Waals surface area contributed by atoms with E-state index in [1.165, 1.54) is 18.2 Å². The molecule has 0 heterocycles. The average molecular weight is 257 g/mol. The molecule has 0 saturated heterocycles. The van der Waals surface area contributed by atoms with Crippen LogP contribution in [0.3, 0.4) is 0 Å². The third-order valence-corrected chi connectivity index (χ3v) is 2.15. The number of nitrogens with two attached hydrogens (primary N) is 1. The van der Waals surface area contributed by atoms with E-state index in [2.05, 4.69) is 5.32 Å². The van der Waals surface area contributed by atoms with Crippen LogP contribution < -0.4 is 11.1 Å². The highest BCUT2D eigenvalue weighted by atomic mass is 35.5. The lowest BCUT2D eigenvalue weighted by molar-refractivity contribution is -0.116. The highest BCUT2D eigenvalue weighted by molar-refractivity contribution is 6.31. The summed E-state index contributed by atoms with van der Waals surface area (Å²) in [6, 6.07) is 3.87. The molecule has 1 amide bonds. The third kappa shape index (κ3) is 4.42. The molecule has 17 heavy (non-hydrogen) atoms. The Morgan fingerprint density at radius 2 is 2.12 bits per heavy atom. The first-order chi connectivity index (χ1) is 7.88. The van der Waals surface area contributed by atoms with Gasteiger partial charge in [0.05, 0.1) is 5.56 Å². The number of hydrogen-bond acceptors (Lipinski definition) is 3. The molecule has 1 atom stereocenters. The maximum atomic E-state index is 11.4. The van der Waals surface area contributed by atoms with Gasteiger partial charge in [0.2, 0.25) is 5.91 Å². The molecule has 0 aliphatic carbocycles. The lowest BCUT2D eigenvalue weighted by Crippen LogP contribution is -2.24. The van der Waals surface area contributed by atoms with Gasteiger partial charge in [-0.3, -0.25) is 4.79 Å². The molecule has 0 aliphatic heterocycles. The van der Waals surface area contributed by atoms with Crippen LogP contribution in [-0.4, -0.2) is 23.0 Å². The van der Waals surface area contributed by atoms with Crippen LogP contribution in [0.5, 0.6) is 0 Å². The summed E-state index contributed by atoms with van der Waals surface area (Å²) in [5, 5.41) is 11.6. The van der Waals surface area contributed by atoms with Crippen molar-refractivity contribution in [3.05, 3.63) is 28.8 Å². The topological polar surface area (TPSA) is 92.4 Å². The van der Waals surface area contributed by atoms with Gasteiger partial charge in [0.1, 0.15) is 0 Å². The van der Waals surface area contributed by atoms with Crippen LogP contribution >= 0.6 is 11.6 Å². The van der Waals surface area contributed by atoms with Crippen molar-refractivity contribution in [2.24, 2.45) is 5.73 Å². The van der Waals surface area contributed by atoms with Gasteiger partial charge < -0.3 is 16.2 Å². The van der Waals surface area contributed by atoms with Crippen LogP contribution in [0.15, 0.2) is 18.2 Å². The number of halogens is 1. The Morgan fingerprint density at radius 3 is 2.65 bits per heavy atom.